The average molecular weight is 535 g/mol. The summed E-state index contributed by atoms with van der Waals surface area (Å²) >= 11 is 0. The third-order valence-corrected chi connectivity index (χ3v) is 5.32. The van der Waals surface area contributed by atoms with Crippen LogP contribution >= 0.6 is 0 Å². The molecule has 1 aliphatic heterocycles. The van der Waals surface area contributed by atoms with Gasteiger partial charge in [0, 0.05) is 31.9 Å². The molecule has 3 aromatic rings. The van der Waals surface area contributed by atoms with E-state index in [9.17, 15) is 22.4 Å². The molecule has 4 rings (SSSR count). The summed E-state index contributed by atoms with van der Waals surface area (Å²) < 4.78 is 51.4. The van der Waals surface area contributed by atoms with Crippen LogP contribution in [0.5, 0.6) is 0 Å². The molecular weight excluding hydrogens is 500 g/mol. The molecule has 1 aromatic carbocycles. The number of terminal acetylenes is 1. The third kappa shape index (κ3) is 10.2. The number of carbonyl (C=O) groups is 1. The van der Waals surface area contributed by atoms with Crippen molar-refractivity contribution in [3.05, 3.63) is 71.9 Å². The fraction of sp³-hybridized carbons (Fsp3) is 0.370. The molecule has 38 heavy (non-hydrogen) atoms. The Morgan fingerprint density at radius 1 is 1.08 bits per heavy atom. The maximum absolute atomic E-state index is 12.8. The summed E-state index contributed by atoms with van der Waals surface area (Å²) in [6.45, 7) is 7.53. The summed E-state index contributed by atoms with van der Waals surface area (Å²) in [5.41, 5.74) is -0.190. The molecule has 0 aliphatic carbocycles. The highest BCUT2D eigenvalue weighted by Gasteiger charge is 2.37. The number of hydrogen-bond acceptors (Lipinski definition) is 5. The quantitative estimate of drug-likeness (QED) is 0.203. The van der Waals surface area contributed by atoms with E-state index in [4.69, 9.17) is 0 Å². The molecule has 1 aliphatic rings. The second kappa shape index (κ2) is 16.8. The number of halogens is 4. The van der Waals surface area contributed by atoms with Gasteiger partial charge in [-0.25, -0.2) is 9.67 Å². The van der Waals surface area contributed by atoms with E-state index in [0.717, 1.165) is 32.7 Å². The van der Waals surface area contributed by atoms with E-state index in [-0.39, 0.29) is 5.56 Å². The summed E-state index contributed by atoms with van der Waals surface area (Å²) in [6, 6.07) is 13.3. The van der Waals surface area contributed by atoms with Gasteiger partial charge in [-0.2, -0.15) is 22.7 Å². The Labute approximate surface area is 221 Å². The van der Waals surface area contributed by atoms with Gasteiger partial charge in [-0.15, -0.1) is 12.8 Å². The third-order valence-electron chi connectivity index (χ3n) is 5.32. The number of alkyl halides is 3. The van der Waals surface area contributed by atoms with Gasteiger partial charge in [0.15, 0.2) is 5.69 Å². The largest absolute Gasteiger partial charge is 0.435 e. The normalized spacial score (nSPS) is 12.7. The van der Waals surface area contributed by atoms with Crippen molar-refractivity contribution in [2.75, 3.05) is 38.7 Å². The van der Waals surface area contributed by atoms with Crippen molar-refractivity contribution in [3.8, 4) is 18.5 Å². The van der Waals surface area contributed by atoms with Crippen molar-refractivity contribution in [2.45, 2.75) is 32.9 Å². The molecule has 0 bridgehead atoms. The molecule has 0 spiro atoms. The SMILES string of the molecule is C#C.CCCCN1CCN(C=O)C1.CNc1c(C)c(C(F)(F)F)nn1-c1ccccc1.Fc1ccccn1. The molecule has 1 fully saturated rings. The minimum atomic E-state index is -4.45. The van der Waals surface area contributed by atoms with Crippen LogP contribution in [-0.4, -0.2) is 64.3 Å². The molecule has 3 heterocycles. The van der Waals surface area contributed by atoms with Crippen LogP contribution in [0, 0.1) is 25.7 Å². The number of pyridine rings is 1. The molecule has 0 radical (unpaired) electrons. The number of hydrogen-bond donors (Lipinski definition) is 1. The van der Waals surface area contributed by atoms with E-state index < -0.39 is 17.8 Å². The van der Waals surface area contributed by atoms with E-state index in [1.54, 1.807) is 49.5 Å². The lowest BCUT2D eigenvalue weighted by Gasteiger charge is -2.13. The maximum atomic E-state index is 12.8. The zero-order chi connectivity index (χ0) is 28.6. The Morgan fingerprint density at radius 3 is 2.18 bits per heavy atom. The second-order valence-electron chi connectivity index (χ2n) is 8.00. The van der Waals surface area contributed by atoms with Crippen LogP contribution in [0.1, 0.15) is 31.0 Å². The fourth-order valence-electron chi connectivity index (χ4n) is 3.48. The number of para-hydroxylation sites is 1. The molecule has 1 N–H and O–H groups in total. The van der Waals surface area contributed by atoms with E-state index >= 15 is 0 Å². The van der Waals surface area contributed by atoms with Crippen LogP contribution in [0.2, 0.25) is 0 Å². The Bertz CT molecular complexity index is 1090. The van der Waals surface area contributed by atoms with E-state index in [2.05, 4.69) is 40.1 Å². The first-order chi connectivity index (χ1) is 18.2. The van der Waals surface area contributed by atoms with Crippen LogP contribution in [0.4, 0.5) is 23.4 Å². The number of amides is 1. The number of carbonyl (C=O) groups excluding carboxylic acids is 1. The molecule has 0 atom stereocenters. The molecule has 2 aromatic heterocycles. The van der Waals surface area contributed by atoms with Crippen LogP contribution in [-0.2, 0) is 11.0 Å². The second-order valence-corrected chi connectivity index (χ2v) is 8.00. The van der Waals surface area contributed by atoms with Crippen LogP contribution < -0.4 is 5.32 Å². The van der Waals surface area contributed by atoms with Crippen molar-refractivity contribution in [2.24, 2.45) is 0 Å². The zero-order valence-electron chi connectivity index (χ0n) is 21.8. The zero-order valence-corrected chi connectivity index (χ0v) is 21.8. The Balaban J connectivity index is 0.000000306. The first-order valence-corrected chi connectivity index (χ1v) is 11.9. The molecule has 1 amide bonds. The summed E-state index contributed by atoms with van der Waals surface area (Å²) in [5, 5.41) is 6.41. The van der Waals surface area contributed by atoms with E-state index in [1.807, 2.05) is 4.90 Å². The number of nitrogens with zero attached hydrogens (tertiary/aromatic N) is 5. The summed E-state index contributed by atoms with van der Waals surface area (Å²) in [7, 11) is 1.57. The fourth-order valence-corrected chi connectivity index (χ4v) is 3.48. The standard InChI is InChI=1S/C12H12F3N3.C8H16N2O.C5H4FN.C2H2/c1-8-10(12(13,14)15)17-18(11(8)16-2)9-6-4-3-5-7-9;1-2-3-4-9-5-6-10(7-9)8-11;6-5-3-1-2-4-7-5;1-2/h3-7,16H,1-2H3;8H,2-7H2,1H3;1-4H;1-2H. The van der Waals surface area contributed by atoms with Crippen molar-refractivity contribution >= 4 is 12.2 Å². The molecule has 7 nitrogen and oxygen atoms in total. The number of nitrogens with one attached hydrogen (secondary N) is 1. The van der Waals surface area contributed by atoms with Gasteiger partial charge in [-0.05, 0) is 44.2 Å². The smallest absolute Gasteiger partial charge is 0.373 e. The number of unbranched alkanes of at least 4 members (excludes halogenated alkanes) is 1. The molecule has 0 saturated carbocycles. The Morgan fingerprint density at radius 2 is 1.74 bits per heavy atom. The van der Waals surface area contributed by atoms with Gasteiger partial charge >= 0.3 is 6.18 Å². The van der Waals surface area contributed by atoms with Crippen LogP contribution in [0.25, 0.3) is 5.69 Å². The first kappa shape index (κ1) is 32.1. The monoisotopic (exact) mass is 534 g/mol. The Hall–Kier alpha value is -3.91. The van der Waals surface area contributed by atoms with Gasteiger partial charge in [0.1, 0.15) is 5.82 Å². The lowest BCUT2D eigenvalue weighted by atomic mass is 10.2. The highest BCUT2D eigenvalue weighted by atomic mass is 19.4. The minimum Gasteiger partial charge on any atom is -0.373 e. The Kier molecular flexibility index (Phi) is 14.2. The number of aromatic nitrogens is 3. The van der Waals surface area contributed by atoms with Crippen molar-refractivity contribution in [3.63, 3.8) is 0 Å². The van der Waals surface area contributed by atoms with Crippen LogP contribution in [0.3, 0.4) is 0 Å². The van der Waals surface area contributed by atoms with E-state index in [1.165, 1.54) is 36.7 Å². The van der Waals surface area contributed by atoms with Gasteiger partial charge in [0.25, 0.3) is 0 Å². The van der Waals surface area contributed by atoms with Crippen molar-refractivity contribution in [1.29, 1.82) is 0 Å². The van der Waals surface area contributed by atoms with Crippen LogP contribution in [0.15, 0.2) is 54.7 Å². The predicted molar refractivity (Wildman–Crippen MR) is 141 cm³/mol. The summed E-state index contributed by atoms with van der Waals surface area (Å²) in [5.74, 6) is -0.0870. The lowest BCUT2D eigenvalue weighted by molar-refractivity contribution is -0.141. The van der Waals surface area contributed by atoms with Crippen molar-refractivity contribution in [1.82, 2.24) is 24.6 Å². The number of rotatable bonds is 6. The minimum absolute atomic E-state index is 0.0915. The average Bonchev–Trinajstić information content (AvgIpc) is 3.54. The van der Waals surface area contributed by atoms with Gasteiger partial charge in [0.2, 0.25) is 12.4 Å². The van der Waals surface area contributed by atoms with Gasteiger partial charge in [-0.3, -0.25) is 9.69 Å². The van der Waals surface area contributed by atoms with Gasteiger partial charge in [-0.1, -0.05) is 37.6 Å². The molecular formula is C27H34F4N6O. The number of anilines is 1. The van der Waals surface area contributed by atoms with Gasteiger partial charge in [0.05, 0.1) is 12.4 Å². The first-order valence-electron chi connectivity index (χ1n) is 11.9. The highest BCUT2D eigenvalue weighted by molar-refractivity contribution is 5.53. The molecule has 0 unspecified atom stereocenters. The molecule has 206 valence electrons. The predicted octanol–water partition coefficient (Wildman–Crippen LogP) is 5.23. The molecule has 11 heteroatoms. The van der Waals surface area contributed by atoms with Gasteiger partial charge < -0.3 is 10.2 Å². The summed E-state index contributed by atoms with van der Waals surface area (Å²) in [4.78, 5) is 17.8. The van der Waals surface area contributed by atoms with E-state index in [0.29, 0.717) is 11.5 Å². The summed E-state index contributed by atoms with van der Waals surface area (Å²) in [6.07, 6.45) is 8.38. The topological polar surface area (TPSA) is 66.3 Å². The van der Waals surface area contributed by atoms with Crippen molar-refractivity contribution < 1.29 is 22.4 Å². The highest BCUT2D eigenvalue weighted by Crippen LogP contribution is 2.34. The number of benzene rings is 1. The maximum Gasteiger partial charge on any atom is 0.435 e. The lowest BCUT2D eigenvalue weighted by Crippen LogP contribution is -2.25. The molecule has 1 saturated heterocycles.